The van der Waals surface area contributed by atoms with E-state index < -0.39 is 15.0 Å². The van der Waals surface area contributed by atoms with Crippen molar-refractivity contribution in [3.8, 4) is 22.3 Å². The Bertz CT molecular complexity index is 1650. The van der Waals surface area contributed by atoms with Gasteiger partial charge in [-0.3, -0.25) is 0 Å². The van der Waals surface area contributed by atoms with Gasteiger partial charge in [-0.15, -0.1) is 0 Å². The van der Waals surface area contributed by atoms with Crippen molar-refractivity contribution in [2.75, 3.05) is 39.3 Å². The van der Waals surface area contributed by atoms with Crippen molar-refractivity contribution in [2.45, 2.75) is 39.5 Å². The number of nitrogens with zero attached hydrogens (tertiary/aromatic N) is 2. The molecule has 0 spiro atoms. The number of hydrogen-bond donors (Lipinski definition) is 2. The van der Waals surface area contributed by atoms with Crippen LogP contribution in [0.15, 0.2) is 60.7 Å². The fourth-order valence-corrected chi connectivity index (χ4v) is 12.9. The Kier molecular flexibility index (Phi) is 10.6. The molecule has 47 heavy (non-hydrogen) atoms. The molecule has 4 amide bonds. The predicted octanol–water partition coefficient (Wildman–Crippen LogP) is 4.12. The second kappa shape index (κ2) is 15.0. The second-order valence-electron chi connectivity index (χ2n) is 11.8. The van der Waals surface area contributed by atoms with Crippen LogP contribution in [0.4, 0.5) is 0 Å². The van der Waals surface area contributed by atoms with Crippen LogP contribution in [0.3, 0.4) is 0 Å². The van der Waals surface area contributed by atoms with E-state index in [1.807, 2.05) is 74.5 Å². The summed E-state index contributed by atoms with van der Waals surface area (Å²) in [7, 11) is 0. The van der Waals surface area contributed by atoms with E-state index in [9.17, 15) is 19.2 Å². The van der Waals surface area contributed by atoms with Crippen LogP contribution in [0.2, 0.25) is 0 Å². The summed E-state index contributed by atoms with van der Waals surface area (Å²) >= 11 is 2.73. The molecular weight excluding hydrogens is 696 g/mol. The number of rotatable bonds is 10. The van der Waals surface area contributed by atoms with E-state index in [0.717, 1.165) is 91.4 Å². The minimum atomic E-state index is -0.415. The fraction of sp³-hybridized carbons (Fsp3) is 0.333. The van der Waals surface area contributed by atoms with Gasteiger partial charge in [-0.25, -0.2) is 0 Å². The van der Waals surface area contributed by atoms with E-state index in [4.69, 9.17) is 0 Å². The van der Waals surface area contributed by atoms with E-state index in [0.29, 0.717) is 11.1 Å². The number of aryl methyl sites for hydroxylation is 2. The monoisotopic (exact) mass is 734 g/mol. The Labute approximate surface area is 289 Å². The first-order valence-corrected chi connectivity index (χ1v) is 19.3. The van der Waals surface area contributed by atoms with Gasteiger partial charge in [-0.1, -0.05) is 0 Å². The second-order valence-corrected chi connectivity index (χ2v) is 17.5. The Balaban J connectivity index is 1.36. The number of benzene rings is 2. The van der Waals surface area contributed by atoms with Crippen LogP contribution in [0.1, 0.15) is 56.2 Å². The third-order valence-electron chi connectivity index (χ3n) is 8.59. The molecule has 6 rings (SSSR count). The topological polar surface area (TPSA) is 98.8 Å². The van der Waals surface area contributed by atoms with Crippen LogP contribution in [0, 0.1) is 13.8 Å². The molecule has 8 nitrogen and oxygen atoms in total. The van der Waals surface area contributed by atoms with Crippen LogP contribution in [0.5, 0.6) is 0 Å². The Hall–Kier alpha value is -3.76. The molecule has 2 fully saturated rings. The number of amides is 4. The Morgan fingerprint density at radius 3 is 1.34 bits per heavy atom. The molecule has 0 radical (unpaired) electrons. The molecule has 0 atom stereocenters. The maximum absolute atomic E-state index is 14.0. The first-order valence-electron chi connectivity index (χ1n) is 16.0. The first kappa shape index (κ1) is 33.2. The summed E-state index contributed by atoms with van der Waals surface area (Å²) in [6.07, 6.45) is 3.95. The minimum absolute atomic E-state index is 0.0522. The van der Waals surface area contributed by atoms with Gasteiger partial charge >= 0.3 is 291 Å². The zero-order chi connectivity index (χ0) is 32.9. The van der Waals surface area contributed by atoms with E-state index in [-0.39, 0.29) is 36.7 Å². The van der Waals surface area contributed by atoms with Crippen molar-refractivity contribution in [2.24, 2.45) is 0 Å². The Morgan fingerprint density at radius 1 is 0.617 bits per heavy atom. The molecule has 0 bridgehead atoms. The van der Waals surface area contributed by atoms with Crippen molar-refractivity contribution in [1.29, 1.82) is 0 Å². The summed E-state index contributed by atoms with van der Waals surface area (Å²) in [4.78, 5) is 59.4. The van der Waals surface area contributed by atoms with Crippen LogP contribution in [0.25, 0.3) is 22.3 Å². The van der Waals surface area contributed by atoms with Gasteiger partial charge < -0.3 is 0 Å². The summed E-state index contributed by atoms with van der Waals surface area (Å²) in [5.74, 6) is -0.701. The van der Waals surface area contributed by atoms with Crippen molar-refractivity contribution in [1.82, 2.24) is 20.4 Å². The first-order chi connectivity index (χ1) is 22.8. The number of carbonyl (C=O) groups is 4. The number of carbonyl (C=O) groups excluding carboxylic acids is 4. The molecule has 2 aliphatic rings. The molecule has 2 aromatic carbocycles. The van der Waals surface area contributed by atoms with Gasteiger partial charge in [0.2, 0.25) is 0 Å². The molecule has 4 heterocycles. The average Bonchev–Trinajstić information content (AvgIpc) is 3.90. The quantitative estimate of drug-likeness (QED) is 0.240. The normalized spacial score (nSPS) is 14.4. The molecule has 2 N–H and O–H groups in total. The standard InChI is InChI=1S/C36H38N4O4S2Se/c1-23-29(25-13-5-3-6-14-25)31(33(43)37-21-27(41)39-17-9-10-18-39)35(45-23)47-36-32(30(24(2)46-36)26-15-7-4-8-16-26)34(44)38-22-28(42)40-19-11-12-20-40/h3-8,13-16H,9-12,17-22H2,1-2H3,(H,37,43)(H,38,44). The summed E-state index contributed by atoms with van der Waals surface area (Å²) < 4.78 is 1.78. The molecule has 2 aromatic heterocycles. The molecule has 4 aromatic rings. The molecule has 244 valence electrons. The van der Waals surface area contributed by atoms with Gasteiger partial charge in [0.1, 0.15) is 0 Å². The van der Waals surface area contributed by atoms with Gasteiger partial charge in [-0.05, 0) is 0 Å². The van der Waals surface area contributed by atoms with E-state index in [1.54, 1.807) is 32.5 Å². The number of nitrogens with one attached hydrogen (secondary N) is 2. The summed E-state index contributed by atoms with van der Waals surface area (Å²) in [6, 6.07) is 19.7. The molecular formula is C36H38N4O4S2Se. The molecule has 0 aliphatic carbocycles. The summed E-state index contributed by atoms with van der Waals surface area (Å²) in [5.41, 5.74) is 4.72. The van der Waals surface area contributed by atoms with E-state index in [1.165, 1.54) is 0 Å². The number of thiophene rings is 2. The van der Waals surface area contributed by atoms with Crippen LogP contribution < -0.4 is 18.2 Å². The summed E-state index contributed by atoms with van der Waals surface area (Å²) in [6.45, 7) is 6.85. The zero-order valence-corrected chi connectivity index (χ0v) is 29.9. The Morgan fingerprint density at radius 2 is 0.979 bits per heavy atom. The van der Waals surface area contributed by atoms with Crippen molar-refractivity contribution in [3.63, 3.8) is 0 Å². The van der Waals surface area contributed by atoms with Gasteiger partial charge in [0.15, 0.2) is 0 Å². The van der Waals surface area contributed by atoms with Gasteiger partial charge in [0, 0.05) is 0 Å². The van der Waals surface area contributed by atoms with Crippen LogP contribution in [-0.2, 0) is 9.59 Å². The molecule has 2 aliphatic heterocycles. The van der Waals surface area contributed by atoms with Crippen LogP contribution >= 0.6 is 22.7 Å². The van der Waals surface area contributed by atoms with Crippen molar-refractivity contribution < 1.29 is 19.2 Å². The van der Waals surface area contributed by atoms with E-state index >= 15 is 0 Å². The van der Waals surface area contributed by atoms with Gasteiger partial charge in [0.25, 0.3) is 0 Å². The van der Waals surface area contributed by atoms with Crippen LogP contribution in [-0.4, -0.2) is 87.7 Å². The van der Waals surface area contributed by atoms with Gasteiger partial charge in [0.05, 0.1) is 0 Å². The third-order valence-corrected chi connectivity index (χ3v) is 13.9. The average molecular weight is 734 g/mol. The van der Waals surface area contributed by atoms with Crippen molar-refractivity contribution in [3.05, 3.63) is 81.5 Å². The molecule has 11 heteroatoms. The fourth-order valence-electron chi connectivity index (χ4n) is 6.23. The molecule has 2 saturated heterocycles. The third kappa shape index (κ3) is 7.38. The molecule has 0 saturated carbocycles. The number of hydrogen-bond acceptors (Lipinski definition) is 6. The maximum atomic E-state index is 14.0. The summed E-state index contributed by atoms with van der Waals surface area (Å²) in [5, 5.41) is 5.87. The van der Waals surface area contributed by atoms with Crippen molar-refractivity contribution >= 4 is 68.8 Å². The molecule has 0 unspecified atom stereocenters. The number of likely N-dealkylation sites (tertiary alicyclic amines) is 2. The predicted molar refractivity (Wildman–Crippen MR) is 190 cm³/mol. The van der Waals surface area contributed by atoms with E-state index in [2.05, 4.69) is 10.6 Å². The van der Waals surface area contributed by atoms with Gasteiger partial charge in [-0.2, -0.15) is 0 Å². The zero-order valence-electron chi connectivity index (χ0n) is 26.6. The SMILES string of the molecule is Cc1sc([Se]c2sc(C)c(-c3ccccc3)c2C(=O)NCC(=O)N2CCCC2)c(C(=O)NCC(=O)N2CCCC2)c1-c1ccccc1.